The van der Waals surface area contributed by atoms with Gasteiger partial charge in [0.25, 0.3) is 11.5 Å². The summed E-state index contributed by atoms with van der Waals surface area (Å²) in [4.78, 5) is 39.3. The van der Waals surface area contributed by atoms with Crippen LogP contribution in [0.5, 0.6) is 17.4 Å². The molecule has 0 bridgehead atoms. The number of rotatable bonds is 5. The number of nitrogens with zero attached hydrogens (tertiary/aromatic N) is 2. The van der Waals surface area contributed by atoms with Gasteiger partial charge in [0, 0.05) is 18.5 Å². The minimum absolute atomic E-state index is 0.152. The van der Waals surface area contributed by atoms with Crippen molar-refractivity contribution in [2.45, 2.75) is 0 Å². The second kappa shape index (κ2) is 7.16. The third kappa shape index (κ3) is 3.56. The van der Waals surface area contributed by atoms with Gasteiger partial charge in [0.2, 0.25) is 5.88 Å². The SMILES string of the molecule is Cn1c(=O)c(C(=O)NCC(=O)O)c(O)c2cc(Oc3ccccc3)ncc21. The summed E-state index contributed by atoms with van der Waals surface area (Å²) in [6.45, 7) is -0.682. The largest absolute Gasteiger partial charge is 0.506 e. The van der Waals surface area contributed by atoms with Crippen molar-refractivity contribution >= 4 is 22.8 Å². The number of carboxylic acids is 1. The van der Waals surface area contributed by atoms with Gasteiger partial charge >= 0.3 is 5.97 Å². The van der Waals surface area contributed by atoms with Gasteiger partial charge in [-0.05, 0) is 12.1 Å². The first kappa shape index (κ1) is 17.9. The molecule has 3 rings (SSSR count). The fraction of sp³-hybridized carbons (Fsp3) is 0.111. The second-order valence-corrected chi connectivity index (χ2v) is 5.62. The first-order valence-corrected chi connectivity index (χ1v) is 7.83. The molecule has 0 aliphatic heterocycles. The molecule has 0 atom stereocenters. The van der Waals surface area contributed by atoms with E-state index in [4.69, 9.17) is 9.84 Å². The molecule has 0 unspecified atom stereocenters. The molecule has 3 aromatic rings. The summed E-state index contributed by atoms with van der Waals surface area (Å²) in [5, 5.41) is 21.4. The molecule has 27 heavy (non-hydrogen) atoms. The van der Waals surface area contributed by atoms with Crippen LogP contribution in [0.2, 0.25) is 0 Å². The molecule has 0 radical (unpaired) electrons. The molecule has 3 N–H and O–H groups in total. The Bertz CT molecular complexity index is 1090. The van der Waals surface area contributed by atoms with Crippen molar-refractivity contribution in [3.63, 3.8) is 0 Å². The molecule has 0 aliphatic carbocycles. The predicted molar refractivity (Wildman–Crippen MR) is 95.1 cm³/mol. The van der Waals surface area contributed by atoms with Crippen LogP contribution in [0.4, 0.5) is 0 Å². The maximum Gasteiger partial charge on any atom is 0.322 e. The molecule has 0 spiro atoms. The van der Waals surface area contributed by atoms with E-state index in [1.807, 2.05) is 6.07 Å². The van der Waals surface area contributed by atoms with E-state index < -0.39 is 35.3 Å². The van der Waals surface area contributed by atoms with E-state index in [0.29, 0.717) is 5.75 Å². The minimum atomic E-state index is -1.27. The van der Waals surface area contributed by atoms with E-state index in [1.165, 1.54) is 19.3 Å². The highest BCUT2D eigenvalue weighted by Crippen LogP contribution is 2.29. The zero-order valence-electron chi connectivity index (χ0n) is 14.2. The number of carboxylic acid groups (broad SMARTS) is 1. The van der Waals surface area contributed by atoms with Gasteiger partial charge in [-0.15, -0.1) is 0 Å². The number of amides is 1. The number of carbonyl (C=O) groups is 2. The fourth-order valence-electron chi connectivity index (χ4n) is 2.51. The van der Waals surface area contributed by atoms with Gasteiger partial charge in [-0.3, -0.25) is 14.4 Å². The molecule has 0 fully saturated rings. The first-order chi connectivity index (χ1) is 12.9. The van der Waals surface area contributed by atoms with Gasteiger partial charge in [-0.25, -0.2) is 4.98 Å². The Labute approximate surface area is 152 Å². The van der Waals surface area contributed by atoms with Crippen molar-refractivity contribution in [2.24, 2.45) is 7.05 Å². The molecule has 2 heterocycles. The van der Waals surface area contributed by atoms with Gasteiger partial charge in [0.1, 0.15) is 23.6 Å². The highest BCUT2D eigenvalue weighted by Gasteiger charge is 2.22. The quantitative estimate of drug-likeness (QED) is 0.617. The highest BCUT2D eigenvalue weighted by molar-refractivity contribution is 6.03. The summed E-state index contributed by atoms with van der Waals surface area (Å²) >= 11 is 0. The van der Waals surface area contributed by atoms with Crippen LogP contribution >= 0.6 is 0 Å². The van der Waals surface area contributed by atoms with Gasteiger partial charge < -0.3 is 24.8 Å². The molecular weight excluding hydrogens is 354 g/mol. The summed E-state index contributed by atoms with van der Waals surface area (Å²) in [6.07, 6.45) is 1.34. The van der Waals surface area contributed by atoms with Crippen LogP contribution in [0, 0.1) is 0 Å². The van der Waals surface area contributed by atoms with Crippen LogP contribution in [0.3, 0.4) is 0 Å². The standard InChI is InChI=1S/C18H15N3O6/c1-21-12-8-19-13(27-10-5-3-2-4-6-10)7-11(12)16(24)15(18(21)26)17(25)20-9-14(22)23/h2-8,24H,9H2,1H3,(H,20,25)(H,22,23). The Balaban J connectivity index is 2.08. The third-order valence-electron chi connectivity index (χ3n) is 3.82. The minimum Gasteiger partial charge on any atom is -0.506 e. The number of aryl methyl sites for hydroxylation is 1. The summed E-state index contributed by atoms with van der Waals surface area (Å²) in [5.74, 6) is -2.16. The molecule has 138 valence electrons. The van der Waals surface area contributed by atoms with E-state index in [1.54, 1.807) is 24.3 Å². The lowest BCUT2D eigenvalue weighted by Gasteiger charge is -2.12. The zero-order valence-corrected chi connectivity index (χ0v) is 14.2. The molecule has 9 heteroatoms. The molecular formula is C18H15N3O6. The van der Waals surface area contributed by atoms with Crippen LogP contribution in [0.1, 0.15) is 10.4 Å². The van der Waals surface area contributed by atoms with Crippen LogP contribution in [0.15, 0.2) is 47.4 Å². The number of hydrogen-bond acceptors (Lipinski definition) is 6. The highest BCUT2D eigenvalue weighted by atomic mass is 16.5. The van der Waals surface area contributed by atoms with Crippen molar-refractivity contribution in [1.29, 1.82) is 0 Å². The molecule has 1 amide bonds. The van der Waals surface area contributed by atoms with E-state index in [-0.39, 0.29) is 16.8 Å². The van der Waals surface area contributed by atoms with E-state index >= 15 is 0 Å². The Kier molecular flexibility index (Phi) is 4.75. The van der Waals surface area contributed by atoms with Crippen LogP contribution in [-0.2, 0) is 11.8 Å². The Morgan fingerprint density at radius 3 is 2.63 bits per heavy atom. The normalized spacial score (nSPS) is 10.6. The molecule has 2 aromatic heterocycles. The summed E-state index contributed by atoms with van der Waals surface area (Å²) in [5.41, 5.74) is -1.04. The number of carbonyl (C=O) groups excluding carboxylic acids is 1. The maximum atomic E-state index is 12.4. The number of aromatic nitrogens is 2. The molecule has 1 aromatic carbocycles. The van der Waals surface area contributed by atoms with E-state index in [2.05, 4.69) is 10.3 Å². The first-order valence-electron chi connectivity index (χ1n) is 7.83. The zero-order chi connectivity index (χ0) is 19.6. The molecule has 0 aliphatic rings. The van der Waals surface area contributed by atoms with Crippen molar-refractivity contribution in [1.82, 2.24) is 14.9 Å². The number of fused-ring (bicyclic) bond motifs is 1. The van der Waals surface area contributed by atoms with Gasteiger partial charge in [0.05, 0.1) is 11.7 Å². The second-order valence-electron chi connectivity index (χ2n) is 5.62. The number of aliphatic carboxylic acids is 1. The van der Waals surface area contributed by atoms with Crippen molar-refractivity contribution in [2.75, 3.05) is 6.54 Å². The van der Waals surface area contributed by atoms with E-state index in [0.717, 1.165) is 4.57 Å². The summed E-state index contributed by atoms with van der Waals surface area (Å²) < 4.78 is 6.75. The van der Waals surface area contributed by atoms with Gasteiger partial charge in [-0.2, -0.15) is 0 Å². The number of benzene rings is 1. The van der Waals surface area contributed by atoms with Gasteiger partial charge in [-0.1, -0.05) is 18.2 Å². The average Bonchev–Trinajstić information content (AvgIpc) is 2.65. The topological polar surface area (TPSA) is 131 Å². The lowest BCUT2D eigenvalue weighted by molar-refractivity contribution is -0.135. The Morgan fingerprint density at radius 2 is 1.96 bits per heavy atom. The van der Waals surface area contributed by atoms with Gasteiger partial charge in [0.15, 0.2) is 0 Å². The van der Waals surface area contributed by atoms with Crippen molar-refractivity contribution < 1.29 is 24.5 Å². The van der Waals surface area contributed by atoms with Crippen LogP contribution < -0.4 is 15.6 Å². The number of ether oxygens (including phenoxy) is 1. The number of pyridine rings is 2. The molecule has 0 saturated carbocycles. The molecule has 0 saturated heterocycles. The lowest BCUT2D eigenvalue weighted by atomic mass is 10.1. The van der Waals surface area contributed by atoms with Crippen LogP contribution in [-0.4, -0.2) is 38.2 Å². The van der Waals surface area contributed by atoms with Crippen LogP contribution in [0.25, 0.3) is 10.9 Å². The molecule has 9 nitrogen and oxygen atoms in total. The maximum absolute atomic E-state index is 12.4. The smallest absolute Gasteiger partial charge is 0.322 e. The number of aromatic hydroxyl groups is 1. The Hall–Kier alpha value is -3.88. The van der Waals surface area contributed by atoms with Crippen molar-refractivity contribution in [3.05, 3.63) is 58.5 Å². The summed E-state index contributed by atoms with van der Waals surface area (Å²) in [7, 11) is 1.41. The third-order valence-corrected chi connectivity index (χ3v) is 3.82. The number of para-hydroxylation sites is 1. The predicted octanol–water partition coefficient (Wildman–Crippen LogP) is 1.25. The Morgan fingerprint density at radius 1 is 1.26 bits per heavy atom. The lowest BCUT2D eigenvalue weighted by Crippen LogP contribution is -2.35. The van der Waals surface area contributed by atoms with Crippen molar-refractivity contribution in [3.8, 4) is 17.4 Å². The summed E-state index contributed by atoms with van der Waals surface area (Å²) in [6, 6.07) is 10.2. The fourth-order valence-corrected chi connectivity index (χ4v) is 2.51. The number of hydrogen-bond donors (Lipinski definition) is 3. The number of nitrogens with one attached hydrogen (secondary N) is 1. The van der Waals surface area contributed by atoms with E-state index in [9.17, 15) is 19.5 Å². The average molecular weight is 369 g/mol. The monoisotopic (exact) mass is 369 g/mol.